The van der Waals surface area contributed by atoms with Crippen molar-refractivity contribution in [3.63, 3.8) is 0 Å². The van der Waals surface area contributed by atoms with Crippen LogP contribution in [0.5, 0.6) is 5.75 Å². The number of halogens is 1. The second kappa shape index (κ2) is 8.81. The fourth-order valence-electron chi connectivity index (χ4n) is 3.08. The van der Waals surface area contributed by atoms with Crippen molar-refractivity contribution >= 4 is 34.6 Å². The summed E-state index contributed by atoms with van der Waals surface area (Å²) >= 11 is 5.17. The van der Waals surface area contributed by atoms with Gasteiger partial charge in [-0.3, -0.25) is 10.1 Å². The highest BCUT2D eigenvalue weighted by Gasteiger charge is 2.15. The van der Waals surface area contributed by atoms with Gasteiger partial charge in [-0.05, 0) is 67.9 Å². The fourth-order valence-corrected chi connectivity index (χ4v) is 3.29. The van der Waals surface area contributed by atoms with Gasteiger partial charge in [0.05, 0.1) is 12.8 Å². The van der Waals surface area contributed by atoms with Crippen LogP contribution in [-0.4, -0.2) is 31.2 Å². The molecule has 0 unspecified atom stereocenters. The number of nitrogens with one attached hydrogen (secondary N) is 2. The Morgan fingerprint density at radius 3 is 2.63 bits per heavy atom. The number of piperidine rings is 1. The van der Waals surface area contributed by atoms with Gasteiger partial charge in [-0.1, -0.05) is 6.07 Å². The van der Waals surface area contributed by atoms with E-state index in [2.05, 4.69) is 15.5 Å². The number of nitrogens with zero attached hydrogens (tertiary/aromatic N) is 1. The average molecular weight is 387 g/mol. The molecule has 142 valence electrons. The molecule has 1 fully saturated rings. The Balaban J connectivity index is 1.61. The molecule has 2 aromatic carbocycles. The number of rotatable bonds is 4. The molecule has 1 saturated heterocycles. The molecule has 0 atom stereocenters. The quantitative estimate of drug-likeness (QED) is 0.778. The van der Waals surface area contributed by atoms with E-state index in [1.165, 1.54) is 19.6 Å². The predicted molar refractivity (Wildman–Crippen MR) is 109 cm³/mol. The Bertz CT molecular complexity index is 838. The number of hydrogen-bond donors (Lipinski definition) is 2. The predicted octanol–water partition coefficient (Wildman–Crippen LogP) is 3.95. The lowest BCUT2D eigenvalue weighted by molar-refractivity contribution is 0.0977. The maximum absolute atomic E-state index is 14.5. The average Bonchev–Trinajstić information content (AvgIpc) is 2.68. The van der Waals surface area contributed by atoms with Gasteiger partial charge in [0, 0.05) is 24.3 Å². The molecule has 27 heavy (non-hydrogen) atoms. The first kappa shape index (κ1) is 19.1. The molecule has 5 nitrogen and oxygen atoms in total. The number of benzene rings is 2. The van der Waals surface area contributed by atoms with Crippen LogP contribution in [0.2, 0.25) is 0 Å². The number of methoxy groups -OCH3 is 1. The summed E-state index contributed by atoms with van der Waals surface area (Å²) in [7, 11) is 1.53. The first-order valence-electron chi connectivity index (χ1n) is 8.88. The van der Waals surface area contributed by atoms with Gasteiger partial charge >= 0.3 is 0 Å². The van der Waals surface area contributed by atoms with Gasteiger partial charge in [-0.15, -0.1) is 0 Å². The molecular formula is C20H22FN3O2S. The van der Waals surface area contributed by atoms with E-state index in [1.807, 2.05) is 0 Å². The van der Waals surface area contributed by atoms with Crippen molar-refractivity contribution in [3.05, 3.63) is 53.8 Å². The van der Waals surface area contributed by atoms with Crippen LogP contribution in [0.15, 0.2) is 42.5 Å². The van der Waals surface area contributed by atoms with E-state index in [1.54, 1.807) is 36.4 Å². The highest BCUT2D eigenvalue weighted by molar-refractivity contribution is 7.80. The van der Waals surface area contributed by atoms with E-state index in [0.29, 0.717) is 22.7 Å². The van der Waals surface area contributed by atoms with Gasteiger partial charge in [0.15, 0.2) is 5.11 Å². The molecule has 1 aliphatic rings. The summed E-state index contributed by atoms with van der Waals surface area (Å²) in [6.45, 7) is 1.75. The number of carbonyl (C=O) groups is 1. The molecule has 0 saturated carbocycles. The Morgan fingerprint density at radius 2 is 1.93 bits per heavy atom. The monoisotopic (exact) mass is 387 g/mol. The highest BCUT2D eigenvalue weighted by atomic mass is 32.1. The normalized spacial score (nSPS) is 13.8. The summed E-state index contributed by atoms with van der Waals surface area (Å²) in [5.74, 6) is -0.0856. The smallest absolute Gasteiger partial charge is 0.257 e. The van der Waals surface area contributed by atoms with Crippen molar-refractivity contribution in [3.8, 4) is 5.75 Å². The van der Waals surface area contributed by atoms with Crippen LogP contribution >= 0.6 is 12.2 Å². The van der Waals surface area contributed by atoms with Crippen LogP contribution in [-0.2, 0) is 0 Å². The molecule has 7 heteroatoms. The molecule has 0 bridgehead atoms. The lowest BCUT2D eigenvalue weighted by Gasteiger charge is -2.29. The number of ether oxygens (including phenoxy) is 1. The molecular weight excluding hydrogens is 365 g/mol. The second-order valence-electron chi connectivity index (χ2n) is 6.35. The van der Waals surface area contributed by atoms with E-state index in [0.717, 1.165) is 25.9 Å². The minimum atomic E-state index is -0.364. The van der Waals surface area contributed by atoms with Gasteiger partial charge in [-0.25, -0.2) is 4.39 Å². The van der Waals surface area contributed by atoms with Crippen molar-refractivity contribution in [1.82, 2.24) is 5.32 Å². The lowest BCUT2D eigenvalue weighted by atomic mass is 10.1. The largest absolute Gasteiger partial charge is 0.497 e. The topological polar surface area (TPSA) is 53.6 Å². The molecule has 2 aromatic rings. The molecule has 0 spiro atoms. The zero-order chi connectivity index (χ0) is 19.2. The summed E-state index contributed by atoms with van der Waals surface area (Å²) in [5, 5.41) is 5.54. The molecule has 0 aliphatic carbocycles. The number of amides is 1. The van der Waals surface area contributed by atoms with Gasteiger partial charge in [0.1, 0.15) is 11.6 Å². The third kappa shape index (κ3) is 4.95. The van der Waals surface area contributed by atoms with E-state index in [-0.39, 0.29) is 16.8 Å². The lowest BCUT2D eigenvalue weighted by Crippen LogP contribution is -2.34. The van der Waals surface area contributed by atoms with Gasteiger partial charge in [0.2, 0.25) is 0 Å². The number of carbonyl (C=O) groups excluding carboxylic acids is 1. The maximum atomic E-state index is 14.5. The second-order valence-corrected chi connectivity index (χ2v) is 6.76. The molecule has 1 aliphatic heterocycles. The van der Waals surface area contributed by atoms with Crippen molar-refractivity contribution in [2.45, 2.75) is 19.3 Å². The van der Waals surface area contributed by atoms with Gasteiger partial charge in [-0.2, -0.15) is 0 Å². The Morgan fingerprint density at radius 1 is 1.15 bits per heavy atom. The van der Waals surface area contributed by atoms with Crippen molar-refractivity contribution in [1.29, 1.82) is 0 Å². The summed E-state index contributed by atoms with van der Waals surface area (Å²) in [5.41, 5.74) is 1.51. The molecule has 3 rings (SSSR count). The standard InChI is InChI=1S/C20H22FN3O2S/c1-26-16-7-5-6-14(12-16)19(25)23-20(27)22-15-8-9-18(17(21)13-15)24-10-3-2-4-11-24/h5-9,12-13H,2-4,10-11H2,1H3,(H2,22,23,25,27). The van der Waals surface area contributed by atoms with Crippen LogP contribution in [0, 0.1) is 5.82 Å². The van der Waals surface area contributed by atoms with Crippen LogP contribution in [0.4, 0.5) is 15.8 Å². The zero-order valence-corrected chi connectivity index (χ0v) is 15.9. The number of thiocarbonyl (C=S) groups is 1. The Hall–Kier alpha value is -2.67. The first-order valence-corrected chi connectivity index (χ1v) is 9.28. The highest BCUT2D eigenvalue weighted by Crippen LogP contribution is 2.25. The third-order valence-corrected chi connectivity index (χ3v) is 4.67. The Kier molecular flexibility index (Phi) is 6.24. The van der Waals surface area contributed by atoms with Gasteiger partial charge in [0.25, 0.3) is 5.91 Å². The van der Waals surface area contributed by atoms with Crippen molar-refractivity contribution in [2.24, 2.45) is 0 Å². The fraction of sp³-hybridized carbons (Fsp3) is 0.300. The molecule has 0 radical (unpaired) electrons. The van der Waals surface area contributed by atoms with E-state index in [4.69, 9.17) is 17.0 Å². The van der Waals surface area contributed by atoms with Gasteiger partial charge < -0.3 is 15.0 Å². The molecule has 2 N–H and O–H groups in total. The number of hydrogen-bond acceptors (Lipinski definition) is 4. The van der Waals surface area contributed by atoms with Crippen LogP contribution < -0.4 is 20.3 Å². The van der Waals surface area contributed by atoms with Crippen molar-refractivity contribution in [2.75, 3.05) is 30.4 Å². The van der Waals surface area contributed by atoms with Crippen molar-refractivity contribution < 1.29 is 13.9 Å². The maximum Gasteiger partial charge on any atom is 0.257 e. The summed E-state index contributed by atoms with van der Waals surface area (Å²) in [4.78, 5) is 14.3. The van der Waals surface area contributed by atoms with Crippen LogP contribution in [0.25, 0.3) is 0 Å². The Labute approximate surface area is 163 Å². The minimum absolute atomic E-state index is 0.105. The number of anilines is 2. The molecule has 0 aromatic heterocycles. The van der Waals surface area contributed by atoms with E-state index < -0.39 is 0 Å². The molecule has 1 heterocycles. The summed E-state index contributed by atoms with van der Waals surface area (Å²) in [6, 6.07) is 11.7. The van der Waals surface area contributed by atoms with E-state index >= 15 is 0 Å². The molecule has 1 amide bonds. The summed E-state index contributed by atoms with van der Waals surface area (Å²) < 4.78 is 19.6. The first-order chi connectivity index (χ1) is 13.1. The SMILES string of the molecule is COc1cccc(C(=O)NC(=S)Nc2ccc(N3CCCCC3)c(F)c2)c1. The van der Waals surface area contributed by atoms with Crippen LogP contribution in [0.1, 0.15) is 29.6 Å². The van der Waals surface area contributed by atoms with Crippen LogP contribution in [0.3, 0.4) is 0 Å². The minimum Gasteiger partial charge on any atom is -0.497 e. The van der Waals surface area contributed by atoms with E-state index in [9.17, 15) is 9.18 Å². The summed E-state index contributed by atoms with van der Waals surface area (Å²) in [6.07, 6.45) is 3.36. The third-order valence-electron chi connectivity index (χ3n) is 4.46. The zero-order valence-electron chi connectivity index (χ0n) is 15.1.